The van der Waals surface area contributed by atoms with Crippen LogP contribution in [0.1, 0.15) is 38.1 Å². The van der Waals surface area contributed by atoms with E-state index < -0.39 is 40.2 Å². The molecule has 1 aromatic rings. The van der Waals surface area contributed by atoms with Gasteiger partial charge in [0.2, 0.25) is 12.2 Å². The van der Waals surface area contributed by atoms with Crippen LogP contribution in [-0.2, 0) is 19.1 Å². The monoisotopic (exact) mass is 383 g/mol. The van der Waals surface area contributed by atoms with E-state index in [4.69, 9.17) is 9.47 Å². The number of carboxylic acids is 1. The normalized spacial score (nSPS) is 13.2. The largest absolute Gasteiger partial charge is 0.480 e. The lowest BCUT2D eigenvalue weighted by Gasteiger charge is -2.30. The van der Waals surface area contributed by atoms with Crippen LogP contribution in [0.15, 0.2) is 30.3 Å². The number of ether oxygens (including phenoxy) is 2. The molecule has 26 heavy (non-hydrogen) atoms. The zero-order valence-corrected chi connectivity index (χ0v) is 15.7. The van der Waals surface area contributed by atoms with Crippen molar-refractivity contribution in [2.45, 2.75) is 44.8 Å². The molecular formula is C17H21NO7S. The molecule has 0 aliphatic rings. The van der Waals surface area contributed by atoms with Crippen LogP contribution in [0, 0.1) is 0 Å². The van der Waals surface area contributed by atoms with Gasteiger partial charge < -0.3 is 19.9 Å². The van der Waals surface area contributed by atoms with Crippen molar-refractivity contribution in [1.82, 2.24) is 5.32 Å². The molecule has 9 heteroatoms. The van der Waals surface area contributed by atoms with Crippen molar-refractivity contribution in [3.63, 3.8) is 0 Å². The fraction of sp³-hybridized carbons (Fsp3) is 0.412. The van der Waals surface area contributed by atoms with Crippen LogP contribution in [0.5, 0.6) is 0 Å². The number of thioether (sulfide) groups is 1. The smallest absolute Gasteiger partial charge is 0.370 e. The Morgan fingerprint density at radius 2 is 1.69 bits per heavy atom. The molecule has 0 aliphatic heterocycles. The summed E-state index contributed by atoms with van der Waals surface area (Å²) in [4.78, 5) is 46.4. The predicted molar refractivity (Wildman–Crippen MR) is 94.7 cm³/mol. The van der Waals surface area contributed by atoms with Crippen LogP contribution in [0.4, 0.5) is 4.79 Å². The van der Waals surface area contributed by atoms with Gasteiger partial charge in [-0.1, -0.05) is 18.2 Å². The Balaban J connectivity index is 2.64. The highest BCUT2D eigenvalue weighted by molar-refractivity contribution is 8.14. The van der Waals surface area contributed by atoms with Crippen molar-refractivity contribution in [1.29, 1.82) is 0 Å². The van der Waals surface area contributed by atoms with Gasteiger partial charge in [-0.3, -0.25) is 4.79 Å². The third-order valence-electron chi connectivity index (χ3n) is 3.18. The maximum atomic E-state index is 12.0. The summed E-state index contributed by atoms with van der Waals surface area (Å²) in [7, 11) is 0. The van der Waals surface area contributed by atoms with E-state index in [0.29, 0.717) is 17.3 Å². The van der Waals surface area contributed by atoms with Crippen molar-refractivity contribution in [3.05, 3.63) is 35.9 Å². The van der Waals surface area contributed by atoms with Gasteiger partial charge >= 0.3 is 17.2 Å². The number of hydrogen-bond acceptors (Lipinski definition) is 7. The molecule has 0 bridgehead atoms. The van der Waals surface area contributed by atoms with Gasteiger partial charge in [0, 0.05) is 13.8 Å². The molecule has 2 N–H and O–H groups in total. The number of carboxylic acid groups (broad SMARTS) is 1. The van der Waals surface area contributed by atoms with Gasteiger partial charge in [-0.05, 0) is 37.7 Å². The number of aliphatic carboxylic acids is 1. The van der Waals surface area contributed by atoms with Crippen molar-refractivity contribution >= 4 is 34.9 Å². The van der Waals surface area contributed by atoms with E-state index in [-0.39, 0.29) is 0 Å². The third-order valence-corrected chi connectivity index (χ3v) is 4.21. The van der Waals surface area contributed by atoms with Gasteiger partial charge in [0.25, 0.3) is 0 Å². The fourth-order valence-corrected chi connectivity index (χ4v) is 2.88. The van der Waals surface area contributed by atoms with Crippen LogP contribution in [0.25, 0.3) is 0 Å². The van der Waals surface area contributed by atoms with E-state index in [0.717, 1.165) is 0 Å². The van der Waals surface area contributed by atoms with Crippen molar-refractivity contribution in [2.75, 3.05) is 0 Å². The lowest BCUT2D eigenvalue weighted by atomic mass is 10.0. The van der Waals surface area contributed by atoms with Crippen LogP contribution in [-0.4, -0.2) is 45.3 Å². The van der Waals surface area contributed by atoms with Gasteiger partial charge in [0.1, 0.15) is 6.04 Å². The maximum absolute atomic E-state index is 12.0. The Bertz CT molecular complexity index is 675. The van der Waals surface area contributed by atoms with Crippen LogP contribution >= 0.6 is 11.8 Å². The van der Waals surface area contributed by atoms with E-state index in [1.807, 2.05) is 0 Å². The number of amides is 1. The number of nitrogens with one attached hydrogen (secondary N) is 1. The molecule has 2 atom stereocenters. The SMILES string of the molecule is CC(=O)N[C@@H](C(=O)O)C(C)(C)SC(=O)O[C@H](C)OC(=O)c1ccccc1. The summed E-state index contributed by atoms with van der Waals surface area (Å²) in [5.41, 5.74) is 0.306. The van der Waals surface area contributed by atoms with Gasteiger partial charge in [-0.2, -0.15) is 0 Å². The number of benzene rings is 1. The zero-order valence-electron chi connectivity index (χ0n) is 14.8. The molecule has 0 fully saturated rings. The number of carbonyl (C=O) groups is 4. The Morgan fingerprint density at radius 1 is 1.12 bits per heavy atom. The number of rotatable bonds is 7. The Hall–Kier alpha value is -2.55. The number of esters is 1. The first-order chi connectivity index (χ1) is 12.0. The summed E-state index contributed by atoms with van der Waals surface area (Å²) in [6, 6.07) is 6.88. The third kappa shape index (κ3) is 6.75. The Labute approximate surface area is 155 Å². The van der Waals surface area contributed by atoms with Gasteiger partial charge in [0.05, 0.1) is 10.3 Å². The summed E-state index contributed by atoms with van der Waals surface area (Å²) in [5.74, 6) is -2.48. The summed E-state index contributed by atoms with van der Waals surface area (Å²) in [6.45, 7) is 5.51. The molecule has 0 saturated heterocycles. The minimum Gasteiger partial charge on any atom is -0.480 e. The van der Waals surface area contributed by atoms with Crippen molar-refractivity contribution < 1.29 is 33.8 Å². The number of hydrogen-bond donors (Lipinski definition) is 2. The second-order valence-electron chi connectivity index (χ2n) is 5.88. The lowest BCUT2D eigenvalue weighted by molar-refractivity contribution is -0.142. The zero-order chi connectivity index (χ0) is 19.9. The van der Waals surface area contributed by atoms with Gasteiger partial charge in [-0.15, -0.1) is 0 Å². The summed E-state index contributed by atoms with van der Waals surface area (Å²) in [6.07, 6.45) is -1.16. The standard InChI is InChI=1S/C17H21NO7S/c1-10(19)18-13(14(20)21)17(3,4)26-16(23)25-11(2)24-15(22)12-8-6-5-7-9-12/h5-9,11,13H,1-4H3,(H,18,19)(H,20,21)/t11-,13+/m1/s1. The highest BCUT2D eigenvalue weighted by atomic mass is 32.2. The Kier molecular flexibility index (Phi) is 7.63. The summed E-state index contributed by atoms with van der Waals surface area (Å²) < 4.78 is 8.80. The molecule has 1 rings (SSSR count). The second kappa shape index (κ2) is 9.23. The molecule has 142 valence electrons. The first-order valence-corrected chi connectivity index (χ1v) is 8.50. The topological polar surface area (TPSA) is 119 Å². The average Bonchev–Trinajstić information content (AvgIpc) is 2.51. The van der Waals surface area contributed by atoms with Gasteiger partial charge in [0.15, 0.2) is 0 Å². The fourth-order valence-electron chi connectivity index (χ4n) is 1.99. The minimum absolute atomic E-state index is 0.306. The molecule has 8 nitrogen and oxygen atoms in total. The first-order valence-electron chi connectivity index (χ1n) is 7.68. The van der Waals surface area contributed by atoms with Crippen LogP contribution in [0.2, 0.25) is 0 Å². The molecule has 0 aromatic heterocycles. The average molecular weight is 383 g/mol. The van der Waals surface area contributed by atoms with E-state index in [2.05, 4.69) is 5.32 Å². The van der Waals surface area contributed by atoms with Gasteiger partial charge in [-0.25, -0.2) is 14.4 Å². The molecule has 0 spiro atoms. The summed E-state index contributed by atoms with van der Waals surface area (Å²) in [5, 5.41) is 10.7. The van der Waals surface area contributed by atoms with E-state index in [1.165, 1.54) is 27.7 Å². The van der Waals surface area contributed by atoms with E-state index in [1.54, 1.807) is 30.3 Å². The molecule has 1 amide bonds. The number of carbonyl (C=O) groups excluding carboxylic acids is 3. The molecule has 0 heterocycles. The minimum atomic E-state index is -1.31. The summed E-state index contributed by atoms with van der Waals surface area (Å²) >= 11 is 0.584. The van der Waals surface area contributed by atoms with E-state index in [9.17, 15) is 24.3 Å². The second-order valence-corrected chi connectivity index (χ2v) is 7.47. The highest BCUT2D eigenvalue weighted by Gasteiger charge is 2.39. The quantitative estimate of drug-likeness (QED) is 0.544. The molecular weight excluding hydrogens is 362 g/mol. The first kappa shape index (κ1) is 21.5. The molecule has 0 saturated carbocycles. The lowest BCUT2D eigenvalue weighted by Crippen LogP contribution is -2.52. The van der Waals surface area contributed by atoms with Crippen molar-refractivity contribution in [3.8, 4) is 0 Å². The molecule has 1 aromatic carbocycles. The highest BCUT2D eigenvalue weighted by Crippen LogP contribution is 2.30. The molecule has 0 aliphatic carbocycles. The Morgan fingerprint density at radius 3 is 2.19 bits per heavy atom. The maximum Gasteiger partial charge on any atom is 0.370 e. The van der Waals surface area contributed by atoms with Crippen molar-refractivity contribution in [2.24, 2.45) is 0 Å². The molecule has 0 radical (unpaired) electrons. The molecule has 0 unspecified atom stereocenters. The predicted octanol–water partition coefficient (Wildman–Crippen LogP) is 2.43. The van der Waals surface area contributed by atoms with Crippen LogP contribution in [0.3, 0.4) is 0 Å². The van der Waals surface area contributed by atoms with Crippen LogP contribution < -0.4 is 5.32 Å². The van der Waals surface area contributed by atoms with E-state index >= 15 is 0 Å².